The van der Waals surface area contributed by atoms with Crippen LogP contribution in [0.2, 0.25) is 0 Å². The van der Waals surface area contributed by atoms with Crippen molar-refractivity contribution in [3.05, 3.63) is 29.8 Å². The minimum Gasteiger partial charge on any atom is -0.357 e. The van der Waals surface area contributed by atoms with Gasteiger partial charge in [0.25, 0.3) is 0 Å². The standard InChI is InChI=1S/C19H34N4O2S/c1-8-20-19(22-16(6)14(2)3)21-13-17-9-11-18(12-10-17)26(24,25)23(7)15(4)5/h9-12,14-16H,8,13H2,1-7H3,(H2,20,21,22). The van der Waals surface area contributed by atoms with Crippen LogP contribution in [0.25, 0.3) is 0 Å². The highest BCUT2D eigenvalue weighted by molar-refractivity contribution is 7.89. The number of rotatable bonds is 8. The van der Waals surface area contributed by atoms with Crippen molar-refractivity contribution in [2.45, 2.75) is 65.1 Å². The molecule has 0 aliphatic carbocycles. The Labute approximate surface area is 159 Å². The van der Waals surface area contributed by atoms with Crippen LogP contribution in [0.3, 0.4) is 0 Å². The highest BCUT2D eigenvalue weighted by Gasteiger charge is 2.22. The normalized spacial score (nSPS) is 14.2. The first-order chi connectivity index (χ1) is 12.1. The molecule has 0 aromatic heterocycles. The van der Waals surface area contributed by atoms with E-state index in [1.165, 1.54) is 4.31 Å². The number of nitrogens with zero attached hydrogens (tertiary/aromatic N) is 2. The van der Waals surface area contributed by atoms with Crippen LogP contribution in [0.4, 0.5) is 0 Å². The third-order valence-electron chi connectivity index (χ3n) is 4.46. The predicted molar refractivity (Wildman–Crippen MR) is 109 cm³/mol. The van der Waals surface area contributed by atoms with E-state index < -0.39 is 10.0 Å². The van der Waals surface area contributed by atoms with Crippen LogP contribution >= 0.6 is 0 Å². The van der Waals surface area contributed by atoms with Gasteiger partial charge in [-0.15, -0.1) is 0 Å². The summed E-state index contributed by atoms with van der Waals surface area (Å²) in [5.74, 6) is 1.27. The second-order valence-corrected chi connectivity index (χ2v) is 9.13. The van der Waals surface area contributed by atoms with Crippen molar-refractivity contribution in [3.8, 4) is 0 Å². The zero-order valence-electron chi connectivity index (χ0n) is 17.1. The Kier molecular flexibility index (Phi) is 8.56. The van der Waals surface area contributed by atoms with E-state index in [4.69, 9.17) is 0 Å². The topological polar surface area (TPSA) is 73.8 Å². The van der Waals surface area contributed by atoms with Crippen LogP contribution in [0.5, 0.6) is 0 Å². The maximum atomic E-state index is 12.5. The van der Waals surface area contributed by atoms with Crippen LogP contribution in [0, 0.1) is 5.92 Å². The minimum atomic E-state index is -3.45. The molecular formula is C19H34N4O2S. The lowest BCUT2D eigenvalue weighted by Gasteiger charge is -2.21. The summed E-state index contributed by atoms with van der Waals surface area (Å²) < 4.78 is 26.4. The summed E-state index contributed by atoms with van der Waals surface area (Å²) in [6.45, 7) is 13.5. The van der Waals surface area contributed by atoms with E-state index in [2.05, 4.69) is 36.4 Å². The Bertz CT molecular complexity index is 682. The van der Waals surface area contributed by atoms with Crippen LogP contribution in [0.1, 0.15) is 47.1 Å². The molecule has 0 aliphatic heterocycles. The average Bonchev–Trinajstić information content (AvgIpc) is 2.59. The van der Waals surface area contributed by atoms with Crippen molar-refractivity contribution in [2.75, 3.05) is 13.6 Å². The molecule has 0 spiro atoms. The molecule has 0 aliphatic rings. The highest BCUT2D eigenvalue weighted by Crippen LogP contribution is 2.17. The lowest BCUT2D eigenvalue weighted by Crippen LogP contribution is -2.44. The summed E-state index contributed by atoms with van der Waals surface area (Å²) >= 11 is 0. The van der Waals surface area contributed by atoms with Crippen molar-refractivity contribution in [1.29, 1.82) is 0 Å². The van der Waals surface area contributed by atoms with E-state index in [0.29, 0.717) is 23.4 Å². The van der Waals surface area contributed by atoms with Gasteiger partial charge >= 0.3 is 0 Å². The van der Waals surface area contributed by atoms with Gasteiger partial charge in [0.05, 0.1) is 11.4 Å². The van der Waals surface area contributed by atoms with E-state index in [1.807, 2.05) is 32.9 Å². The summed E-state index contributed by atoms with van der Waals surface area (Å²) in [4.78, 5) is 4.90. The fourth-order valence-corrected chi connectivity index (χ4v) is 3.45. The molecule has 0 bridgehead atoms. The maximum Gasteiger partial charge on any atom is 0.243 e. The number of nitrogens with one attached hydrogen (secondary N) is 2. The molecule has 1 atom stereocenters. The summed E-state index contributed by atoms with van der Waals surface area (Å²) in [5.41, 5.74) is 0.963. The second kappa shape index (κ2) is 9.92. The predicted octanol–water partition coefficient (Wildman–Crippen LogP) is 2.82. The number of sulfonamides is 1. The van der Waals surface area contributed by atoms with Gasteiger partial charge in [-0.25, -0.2) is 13.4 Å². The molecule has 0 saturated carbocycles. The number of guanidine groups is 1. The van der Waals surface area contributed by atoms with Gasteiger partial charge in [-0.3, -0.25) is 0 Å². The van der Waals surface area contributed by atoms with Gasteiger partial charge in [-0.1, -0.05) is 26.0 Å². The van der Waals surface area contributed by atoms with Crippen molar-refractivity contribution in [2.24, 2.45) is 10.9 Å². The monoisotopic (exact) mass is 382 g/mol. The van der Waals surface area contributed by atoms with Gasteiger partial charge in [-0.2, -0.15) is 4.31 Å². The Morgan fingerprint density at radius 1 is 1.12 bits per heavy atom. The molecule has 1 aromatic rings. The molecular weight excluding hydrogens is 348 g/mol. The summed E-state index contributed by atoms with van der Waals surface area (Å²) in [6, 6.07) is 7.17. The summed E-state index contributed by atoms with van der Waals surface area (Å²) in [6.07, 6.45) is 0. The van der Waals surface area contributed by atoms with E-state index in [0.717, 1.165) is 18.1 Å². The second-order valence-electron chi connectivity index (χ2n) is 7.13. The number of hydrogen-bond donors (Lipinski definition) is 2. The summed E-state index contributed by atoms with van der Waals surface area (Å²) in [7, 11) is -1.85. The Morgan fingerprint density at radius 2 is 1.69 bits per heavy atom. The molecule has 2 N–H and O–H groups in total. The largest absolute Gasteiger partial charge is 0.357 e. The molecule has 1 unspecified atom stereocenters. The first kappa shape index (κ1) is 22.4. The Morgan fingerprint density at radius 3 is 2.15 bits per heavy atom. The van der Waals surface area contributed by atoms with Crippen LogP contribution < -0.4 is 10.6 Å². The lowest BCUT2D eigenvalue weighted by atomic mass is 10.1. The van der Waals surface area contributed by atoms with E-state index >= 15 is 0 Å². The molecule has 6 nitrogen and oxygen atoms in total. The third-order valence-corrected chi connectivity index (χ3v) is 6.50. The van der Waals surface area contributed by atoms with Gasteiger partial charge in [0, 0.05) is 25.7 Å². The first-order valence-electron chi connectivity index (χ1n) is 9.21. The molecule has 1 rings (SSSR count). The van der Waals surface area contributed by atoms with Gasteiger partial charge in [0.1, 0.15) is 0 Å². The molecule has 0 amide bonds. The van der Waals surface area contributed by atoms with Crippen molar-refractivity contribution in [3.63, 3.8) is 0 Å². The fraction of sp³-hybridized carbons (Fsp3) is 0.632. The first-order valence-corrected chi connectivity index (χ1v) is 10.6. The van der Waals surface area contributed by atoms with Crippen molar-refractivity contribution in [1.82, 2.24) is 14.9 Å². The van der Waals surface area contributed by atoms with E-state index in [1.54, 1.807) is 19.2 Å². The summed E-state index contributed by atoms with van der Waals surface area (Å²) in [5, 5.41) is 6.62. The van der Waals surface area contributed by atoms with Gasteiger partial charge in [0.2, 0.25) is 10.0 Å². The molecule has 0 radical (unpaired) electrons. The lowest BCUT2D eigenvalue weighted by molar-refractivity contribution is 0.410. The molecule has 0 heterocycles. The fourth-order valence-electron chi connectivity index (χ4n) is 2.08. The molecule has 0 fully saturated rings. The third kappa shape index (κ3) is 6.29. The molecule has 1 aromatic carbocycles. The molecule has 26 heavy (non-hydrogen) atoms. The number of benzene rings is 1. The quantitative estimate of drug-likeness (QED) is 0.536. The van der Waals surface area contributed by atoms with E-state index in [-0.39, 0.29) is 6.04 Å². The number of aliphatic imine (C=N–C) groups is 1. The van der Waals surface area contributed by atoms with Gasteiger partial charge < -0.3 is 10.6 Å². The Hall–Kier alpha value is -1.60. The smallest absolute Gasteiger partial charge is 0.243 e. The maximum absolute atomic E-state index is 12.5. The molecule has 7 heteroatoms. The zero-order valence-corrected chi connectivity index (χ0v) is 17.9. The SMILES string of the molecule is CCNC(=NCc1ccc(S(=O)(=O)N(C)C(C)C)cc1)NC(C)C(C)C. The Balaban J connectivity index is 2.88. The minimum absolute atomic E-state index is 0.0824. The molecule has 148 valence electrons. The number of hydrogen-bond acceptors (Lipinski definition) is 3. The van der Waals surface area contributed by atoms with Crippen molar-refractivity contribution >= 4 is 16.0 Å². The van der Waals surface area contributed by atoms with E-state index in [9.17, 15) is 8.42 Å². The van der Waals surface area contributed by atoms with Gasteiger partial charge in [-0.05, 0) is 51.3 Å². The average molecular weight is 383 g/mol. The molecule has 0 saturated heterocycles. The van der Waals surface area contributed by atoms with Crippen LogP contribution in [0.15, 0.2) is 34.2 Å². The van der Waals surface area contributed by atoms with Gasteiger partial charge in [0.15, 0.2) is 5.96 Å². The zero-order chi connectivity index (χ0) is 19.9. The highest BCUT2D eigenvalue weighted by atomic mass is 32.2. The van der Waals surface area contributed by atoms with Crippen LogP contribution in [-0.4, -0.2) is 44.4 Å². The van der Waals surface area contributed by atoms with Crippen molar-refractivity contribution < 1.29 is 8.42 Å². The van der Waals surface area contributed by atoms with Crippen LogP contribution in [-0.2, 0) is 16.6 Å².